The average Bonchev–Trinajstić information content (AvgIpc) is 2.96. The van der Waals surface area contributed by atoms with Crippen LogP contribution in [0.5, 0.6) is 11.5 Å². The summed E-state index contributed by atoms with van der Waals surface area (Å²) in [7, 11) is 0. The van der Waals surface area contributed by atoms with Crippen LogP contribution in [0.2, 0.25) is 0 Å². The molecule has 0 unspecified atom stereocenters. The summed E-state index contributed by atoms with van der Waals surface area (Å²) in [5.41, 5.74) is 2.31. The molecule has 39 heavy (non-hydrogen) atoms. The van der Waals surface area contributed by atoms with Crippen LogP contribution in [-0.4, -0.2) is 13.2 Å². The van der Waals surface area contributed by atoms with E-state index < -0.39 is 0 Å². The molecule has 0 saturated heterocycles. The average molecular weight is 602 g/mol. The summed E-state index contributed by atoms with van der Waals surface area (Å²) in [5.74, 6) is 1.80. The lowest BCUT2D eigenvalue weighted by Gasteiger charge is -2.15. The molecule has 0 radical (unpaired) electrons. The molecule has 2 aromatic rings. The second kappa shape index (κ2) is 23.2. The molecule has 0 bridgehead atoms. The third kappa shape index (κ3) is 15.8. The Labute approximate surface area is 249 Å². The first-order valence-corrected chi connectivity index (χ1v) is 17.2. The Morgan fingerprint density at radius 1 is 0.513 bits per heavy atom. The van der Waals surface area contributed by atoms with Gasteiger partial charge in [0.15, 0.2) is 0 Å². The molecule has 0 atom stereocenters. The molecule has 0 spiro atoms. The van der Waals surface area contributed by atoms with Crippen molar-refractivity contribution in [1.82, 2.24) is 0 Å². The van der Waals surface area contributed by atoms with Crippen LogP contribution < -0.4 is 9.47 Å². The van der Waals surface area contributed by atoms with Gasteiger partial charge in [0.05, 0.1) is 17.7 Å². The lowest BCUT2D eigenvalue weighted by atomic mass is 10.0. The van der Waals surface area contributed by atoms with Crippen molar-refractivity contribution in [3.05, 3.63) is 46.9 Å². The molecule has 2 aromatic carbocycles. The normalized spacial score (nSPS) is 11.2. The lowest BCUT2D eigenvalue weighted by molar-refractivity contribution is 0.289. The fourth-order valence-electron chi connectivity index (χ4n) is 5.14. The van der Waals surface area contributed by atoms with Gasteiger partial charge in [0.25, 0.3) is 0 Å². The number of rotatable bonds is 25. The highest BCUT2D eigenvalue weighted by atomic mass is 79.9. The zero-order valence-corrected chi connectivity index (χ0v) is 26.9. The van der Waals surface area contributed by atoms with Crippen molar-refractivity contribution < 1.29 is 9.47 Å². The van der Waals surface area contributed by atoms with E-state index >= 15 is 0 Å². The fraction of sp³-hybridized carbons (Fsp3) is 0.667. The quantitative estimate of drug-likeness (QED) is 0.105. The van der Waals surface area contributed by atoms with Gasteiger partial charge in [0.1, 0.15) is 11.5 Å². The van der Waals surface area contributed by atoms with Gasteiger partial charge < -0.3 is 9.47 Å². The summed E-state index contributed by atoms with van der Waals surface area (Å²) in [6, 6.07) is 14.8. The maximum absolute atomic E-state index is 6.29. The zero-order chi connectivity index (χ0) is 27.8. The van der Waals surface area contributed by atoms with Crippen LogP contribution >= 0.6 is 15.9 Å². The topological polar surface area (TPSA) is 18.5 Å². The Morgan fingerprint density at radius 2 is 0.949 bits per heavy atom. The van der Waals surface area contributed by atoms with E-state index in [4.69, 9.17) is 9.47 Å². The number of hydrogen-bond acceptors (Lipinski definition) is 2. The van der Waals surface area contributed by atoms with Gasteiger partial charge in [-0.3, -0.25) is 0 Å². The van der Waals surface area contributed by atoms with Crippen LogP contribution in [0.3, 0.4) is 0 Å². The van der Waals surface area contributed by atoms with Crippen molar-refractivity contribution in [2.45, 2.75) is 142 Å². The Bertz CT molecular complexity index is 835. The van der Waals surface area contributed by atoms with Crippen molar-refractivity contribution >= 4 is 15.9 Å². The van der Waals surface area contributed by atoms with Gasteiger partial charge >= 0.3 is 0 Å². The van der Waals surface area contributed by atoms with Gasteiger partial charge in [-0.25, -0.2) is 0 Å². The largest absolute Gasteiger partial charge is 0.493 e. The van der Waals surface area contributed by atoms with Crippen molar-refractivity contribution in [3.63, 3.8) is 0 Å². The van der Waals surface area contributed by atoms with E-state index in [9.17, 15) is 0 Å². The Hall–Kier alpha value is -1.48. The van der Waals surface area contributed by atoms with Crippen LogP contribution in [0.15, 0.2) is 46.9 Å². The van der Waals surface area contributed by atoms with E-state index in [1.807, 2.05) is 0 Å². The van der Waals surface area contributed by atoms with Crippen LogP contribution in [0.25, 0.3) is 11.1 Å². The Balaban J connectivity index is 1.74. The number of unbranched alkanes of at least 4 members (excludes halogenated alkanes) is 18. The SMILES string of the molecule is CCCCCCCCCCCCOc1cc(OCCCCCCCCCCCC)c(Br)c(-c2ccccc2)c1. The van der Waals surface area contributed by atoms with Gasteiger partial charge in [-0.2, -0.15) is 0 Å². The minimum atomic E-state index is 0.755. The van der Waals surface area contributed by atoms with Gasteiger partial charge in [0.2, 0.25) is 0 Å². The third-order valence-corrected chi connectivity index (χ3v) is 8.44. The molecule has 0 N–H and O–H groups in total. The van der Waals surface area contributed by atoms with E-state index in [1.165, 1.54) is 121 Å². The summed E-state index contributed by atoms with van der Waals surface area (Å²) in [4.78, 5) is 0. The monoisotopic (exact) mass is 600 g/mol. The second-order valence-electron chi connectivity index (χ2n) is 11.2. The first-order chi connectivity index (χ1) is 19.3. The summed E-state index contributed by atoms with van der Waals surface area (Å²) >= 11 is 3.84. The van der Waals surface area contributed by atoms with Gasteiger partial charge in [-0.1, -0.05) is 160 Å². The van der Waals surface area contributed by atoms with Crippen LogP contribution in [-0.2, 0) is 0 Å². The molecule has 220 valence electrons. The van der Waals surface area contributed by atoms with Crippen molar-refractivity contribution in [2.75, 3.05) is 13.2 Å². The van der Waals surface area contributed by atoms with Crippen molar-refractivity contribution in [2.24, 2.45) is 0 Å². The molecule has 0 aliphatic heterocycles. The van der Waals surface area contributed by atoms with E-state index in [0.29, 0.717) is 0 Å². The van der Waals surface area contributed by atoms with Gasteiger partial charge in [0, 0.05) is 11.6 Å². The Kier molecular flexibility index (Phi) is 20.1. The molecule has 3 heteroatoms. The molecule has 0 heterocycles. The summed E-state index contributed by atoms with van der Waals surface area (Å²) in [6.45, 7) is 6.09. The summed E-state index contributed by atoms with van der Waals surface area (Å²) in [6.07, 6.45) is 26.7. The standard InChI is InChI=1S/C36H57BrO2/c1-3-5-7-9-11-13-15-17-19-24-28-38-33-30-34(32-26-22-21-23-27-32)36(37)35(31-33)39-29-25-20-18-16-14-12-10-8-6-4-2/h21-23,26-27,30-31H,3-20,24-25,28-29H2,1-2H3. The van der Waals surface area contributed by atoms with Crippen LogP contribution in [0.4, 0.5) is 0 Å². The molecule has 2 nitrogen and oxygen atoms in total. The maximum Gasteiger partial charge on any atom is 0.137 e. The fourth-order valence-corrected chi connectivity index (χ4v) is 5.71. The predicted molar refractivity (Wildman–Crippen MR) is 174 cm³/mol. The molecule has 2 rings (SSSR count). The number of benzene rings is 2. The molecule has 0 saturated carbocycles. The van der Waals surface area contributed by atoms with Crippen molar-refractivity contribution in [3.8, 4) is 22.6 Å². The predicted octanol–water partition coefficient (Wildman–Crippen LogP) is 12.7. The number of ether oxygens (including phenoxy) is 2. The van der Waals surface area contributed by atoms with Crippen molar-refractivity contribution in [1.29, 1.82) is 0 Å². The van der Waals surface area contributed by atoms with Gasteiger partial charge in [-0.15, -0.1) is 0 Å². The molecule has 0 aliphatic carbocycles. The highest BCUT2D eigenvalue weighted by Gasteiger charge is 2.13. The van der Waals surface area contributed by atoms with Gasteiger partial charge in [-0.05, 0) is 40.4 Å². The second-order valence-corrected chi connectivity index (χ2v) is 12.0. The minimum Gasteiger partial charge on any atom is -0.493 e. The smallest absolute Gasteiger partial charge is 0.137 e. The minimum absolute atomic E-state index is 0.755. The molecular formula is C36H57BrO2. The van der Waals surface area contributed by atoms with Crippen LogP contribution in [0.1, 0.15) is 142 Å². The van der Waals surface area contributed by atoms with Crippen LogP contribution in [0, 0.1) is 0 Å². The number of halogens is 1. The maximum atomic E-state index is 6.29. The lowest BCUT2D eigenvalue weighted by Crippen LogP contribution is -2.02. The summed E-state index contributed by atoms with van der Waals surface area (Å²) in [5, 5.41) is 0. The van der Waals surface area contributed by atoms with E-state index in [-0.39, 0.29) is 0 Å². The molecule has 0 aliphatic rings. The first-order valence-electron chi connectivity index (χ1n) is 16.4. The number of hydrogen-bond donors (Lipinski definition) is 0. The highest BCUT2D eigenvalue weighted by Crippen LogP contribution is 2.39. The van der Waals surface area contributed by atoms with E-state index in [2.05, 4.69) is 72.2 Å². The third-order valence-electron chi connectivity index (χ3n) is 7.62. The van der Waals surface area contributed by atoms with E-state index in [0.717, 1.165) is 47.6 Å². The first kappa shape index (κ1) is 33.7. The molecule has 0 fully saturated rings. The zero-order valence-electron chi connectivity index (χ0n) is 25.3. The molecular weight excluding hydrogens is 544 g/mol. The summed E-state index contributed by atoms with van der Waals surface area (Å²) < 4.78 is 13.6. The molecule has 0 aromatic heterocycles. The molecule has 0 amide bonds. The van der Waals surface area contributed by atoms with E-state index in [1.54, 1.807) is 0 Å². The Morgan fingerprint density at radius 3 is 1.44 bits per heavy atom. The highest BCUT2D eigenvalue weighted by molar-refractivity contribution is 9.10.